The largest absolute Gasteiger partial charge is 0.492 e. The second kappa shape index (κ2) is 8.47. The van der Waals surface area contributed by atoms with E-state index in [1.54, 1.807) is 30.3 Å². The van der Waals surface area contributed by atoms with Crippen molar-refractivity contribution in [2.75, 3.05) is 27.2 Å². The van der Waals surface area contributed by atoms with Gasteiger partial charge in [0.15, 0.2) is 5.78 Å². The highest BCUT2D eigenvalue weighted by Crippen LogP contribution is 2.20. The van der Waals surface area contributed by atoms with Crippen LogP contribution in [0.2, 0.25) is 0 Å². The first-order chi connectivity index (χ1) is 13.0. The number of fused-ring (bicyclic) bond motifs is 1. The molecule has 1 aromatic heterocycles. The molecule has 0 fully saturated rings. The van der Waals surface area contributed by atoms with Crippen LogP contribution in [0.3, 0.4) is 0 Å². The number of carbonyl (C=O) groups excluding carboxylic acids is 1. The number of allylic oxidation sites excluding steroid dienone is 1. The number of hydrogen-bond donors (Lipinski definition) is 0. The van der Waals surface area contributed by atoms with Crippen LogP contribution in [0, 0.1) is 0 Å². The Balaban J connectivity index is 1.81. The standard InChI is InChI=1S/C22H21NO4/c1-23(2)13-14-26-20-9-5-3-7-16(20)11-12-19(24)18-15-17-8-4-6-10-21(17)27-22(18)25/h3-12,15H,13-14H2,1-2H3/b12-11+. The van der Waals surface area contributed by atoms with Gasteiger partial charge in [-0.15, -0.1) is 0 Å². The Kier molecular flexibility index (Phi) is 5.84. The minimum absolute atomic E-state index is 0.0101. The zero-order valence-electron chi connectivity index (χ0n) is 15.3. The van der Waals surface area contributed by atoms with Crippen molar-refractivity contribution >= 4 is 22.8 Å². The van der Waals surface area contributed by atoms with Crippen molar-refractivity contribution in [1.82, 2.24) is 4.90 Å². The molecule has 0 amide bonds. The molecular formula is C22H21NO4. The van der Waals surface area contributed by atoms with Gasteiger partial charge in [0.2, 0.25) is 0 Å². The smallest absolute Gasteiger partial charge is 0.347 e. The highest BCUT2D eigenvalue weighted by atomic mass is 16.5. The minimum atomic E-state index is -0.640. The lowest BCUT2D eigenvalue weighted by atomic mass is 10.1. The summed E-state index contributed by atoms with van der Waals surface area (Å²) in [5.41, 5.74) is 0.604. The summed E-state index contributed by atoms with van der Waals surface area (Å²) in [5, 5.41) is 0.710. The fraction of sp³-hybridized carbons (Fsp3) is 0.182. The Hall–Kier alpha value is -3.18. The molecule has 0 aliphatic rings. The van der Waals surface area contributed by atoms with Gasteiger partial charge < -0.3 is 14.1 Å². The third-order valence-corrected chi connectivity index (χ3v) is 4.04. The molecule has 0 aliphatic carbocycles. The van der Waals surface area contributed by atoms with Gasteiger partial charge >= 0.3 is 5.63 Å². The van der Waals surface area contributed by atoms with Crippen LogP contribution in [-0.2, 0) is 0 Å². The Labute approximate surface area is 157 Å². The molecule has 0 aliphatic heterocycles. The van der Waals surface area contributed by atoms with Gasteiger partial charge in [0.1, 0.15) is 23.5 Å². The SMILES string of the molecule is CN(C)CCOc1ccccc1/C=C/C(=O)c1cc2ccccc2oc1=O. The Morgan fingerprint density at radius 1 is 1.11 bits per heavy atom. The second-order valence-corrected chi connectivity index (χ2v) is 6.37. The van der Waals surface area contributed by atoms with Gasteiger partial charge in [-0.05, 0) is 44.4 Å². The number of benzene rings is 2. The van der Waals surface area contributed by atoms with Crippen LogP contribution in [-0.4, -0.2) is 37.9 Å². The fourth-order valence-corrected chi connectivity index (χ4v) is 2.58. The molecule has 5 heteroatoms. The van der Waals surface area contributed by atoms with Crippen LogP contribution in [0.1, 0.15) is 15.9 Å². The molecule has 0 saturated carbocycles. The summed E-state index contributed by atoms with van der Waals surface area (Å²) in [6.07, 6.45) is 3.02. The summed E-state index contributed by atoms with van der Waals surface area (Å²) >= 11 is 0. The molecule has 3 rings (SSSR count). The van der Waals surface area contributed by atoms with Crippen molar-refractivity contribution in [1.29, 1.82) is 0 Å². The molecule has 3 aromatic rings. The van der Waals surface area contributed by atoms with Crippen LogP contribution >= 0.6 is 0 Å². The molecule has 0 unspecified atom stereocenters. The summed E-state index contributed by atoms with van der Waals surface area (Å²) in [5.74, 6) is 0.284. The first kappa shape index (κ1) is 18.6. The van der Waals surface area contributed by atoms with E-state index in [9.17, 15) is 9.59 Å². The monoisotopic (exact) mass is 363 g/mol. The number of ether oxygens (including phenoxy) is 1. The summed E-state index contributed by atoms with van der Waals surface area (Å²) in [4.78, 5) is 26.6. The van der Waals surface area contributed by atoms with E-state index in [0.29, 0.717) is 23.3 Å². The molecule has 5 nitrogen and oxygen atoms in total. The second-order valence-electron chi connectivity index (χ2n) is 6.37. The van der Waals surface area contributed by atoms with Crippen LogP contribution in [0.15, 0.2) is 69.9 Å². The van der Waals surface area contributed by atoms with Gasteiger partial charge in [-0.3, -0.25) is 4.79 Å². The number of ketones is 1. The van der Waals surface area contributed by atoms with E-state index in [4.69, 9.17) is 9.15 Å². The lowest BCUT2D eigenvalue weighted by molar-refractivity contribution is 0.104. The van der Waals surface area contributed by atoms with Crippen LogP contribution in [0.5, 0.6) is 5.75 Å². The van der Waals surface area contributed by atoms with Gasteiger partial charge in [-0.2, -0.15) is 0 Å². The lowest BCUT2D eigenvalue weighted by Gasteiger charge is -2.12. The first-order valence-corrected chi connectivity index (χ1v) is 8.66. The van der Waals surface area contributed by atoms with E-state index < -0.39 is 11.4 Å². The molecule has 1 heterocycles. The first-order valence-electron chi connectivity index (χ1n) is 8.66. The number of carbonyl (C=O) groups is 1. The molecule has 27 heavy (non-hydrogen) atoms. The molecule has 0 N–H and O–H groups in total. The van der Waals surface area contributed by atoms with Gasteiger partial charge in [-0.25, -0.2) is 4.79 Å². The Bertz CT molecular complexity index is 1030. The molecule has 0 saturated heterocycles. The predicted octanol–water partition coefficient (Wildman–Crippen LogP) is 3.63. The third-order valence-electron chi connectivity index (χ3n) is 4.04. The van der Waals surface area contributed by atoms with Gasteiger partial charge in [-0.1, -0.05) is 36.4 Å². The van der Waals surface area contributed by atoms with E-state index in [0.717, 1.165) is 12.1 Å². The van der Waals surface area contributed by atoms with E-state index in [1.165, 1.54) is 6.08 Å². The van der Waals surface area contributed by atoms with E-state index in [2.05, 4.69) is 0 Å². The van der Waals surface area contributed by atoms with E-state index >= 15 is 0 Å². The van der Waals surface area contributed by atoms with Crippen LogP contribution in [0.4, 0.5) is 0 Å². The average molecular weight is 363 g/mol. The summed E-state index contributed by atoms with van der Waals surface area (Å²) in [6.45, 7) is 1.33. The van der Waals surface area contributed by atoms with Crippen molar-refractivity contribution in [3.05, 3.63) is 82.2 Å². The quantitative estimate of drug-likeness (QED) is 0.364. The van der Waals surface area contributed by atoms with Crippen molar-refractivity contribution in [2.24, 2.45) is 0 Å². The van der Waals surface area contributed by atoms with Gasteiger partial charge in [0.25, 0.3) is 0 Å². The number of para-hydroxylation sites is 2. The maximum absolute atomic E-state index is 12.5. The molecule has 2 aromatic carbocycles. The highest BCUT2D eigenvalue weighted by molar-refractivity contribution is 6.07. The summed E-state index contributed by atoms with van der Waals surface area (Å²) in [7, 11) is 3.95. The molecule has 0 radical (unpaired) electrons. The Morgan fingerprint density at radius 2 is 1.85 bits per heavy atom. The zero-order chi connectivity index (χ0) is 19.2. The number of hydrogen-bond acceptors (Lipinski definition) is 5. The zero-order valence-corrected chi connectivity index (χ0v) is 15.3. The van der Waals surface area contributed by atoms with Crippen molar-refractivity contribution in [3.8, 4) is 5.75 Å². The van der Waals surface area contributed by atoms with E-state index in [-0.39, 0.29) is 5.56 Å². The van der Waals surface area contributed by atoms with Crippen molar-refractivity contribution in [3.63, 3.8) is 0 Å². The molecule has 0 bridgehead atoms. The molecular weight excluding hydrogens is 342 g/mol. The van der Waals surface area contributed by atoms with Crippen LogP contribution in [0.25, 0.3) is 17.0 Å². The molecule has 0 spiro atoms. The van der Waals surface area contributed by atoms with Crippen molar-refractivity contribution in [2.45, 2.75) is 0 Å². The third kappa shape index (κ3) is 4.71. The topological polar surface area (TPSA) is 59.8 Å². The maximum atomic E-state index is 12.5. The fourth-order valence-electron chi connectivity index (χ4n) is 2.58. The highest BCUT2D eigenvalue weighted by Gasteiger charge is 2.11. The summed E-state index contributed by atoms with van der Waals surface area (Å²) in [6, 6.07) is 16.1. The Morgan fingerprint density at radius 3 is 2.67 bits per heavy atom. The molecule has 138 valence electrons. The van der Waals surface area contributed by atoms with Crippen molar-refractivity contribution < 1.29 is 13.9 Å². The van der Waals surface area contributed by atoms with Crippen LogP contribution < -0.4 is 10.4 Å². The van der Waals surface area contributed by atoms with Gasteiger partial charge in [0, 0.05) is 17.5 Å². The number of likely N-dealkylation sites (N-methyl/N-ethyl adjacent to an activating group) is 1. The minimum Gasteiger partial charge on any atom is -0.492 e. The predicted molar refractivity (Wildman–Crippen MR) is 106 cm³/mol. The maximum Gasteiger partial charge on any atom is 0.347 e. The number of rotatable bonds is 7. The summed E-state index contributed by atoms with van der Waals surface area (Å²) < 4.78 is 11.0. The van der Waals surface area contributed by atoms with Gasteiger partial charge in [0.05, 0.1) is 0 Å². The lowest BCUT2D eigenvalue weighted by Crippen LogP contribution is -2.19. The van der Waals surface area contributed by atoms with E-state index in [1.807, 2.05) is 49.3 Å². The normalized spacial score (nSPS) is 11.4. The average Bonchev–Trinajstić information content (AvgIpc) is 2.66. The molecule has 0 atom stereocenters. The number of nitrogens with zero attached hydrogens (tertiary/aromatic N) is 1.